The molecular weight excluding hydrogens is 366 g/mol. The number of aliphatic hydroxyl groups excluding tert-OH is 1. The number of aliphatic hydroxyl groups is 1. The minimum absolute atomic E-state index is 0.277. The molecule has 1 heterocycles. The van der Waals surface area contributed by atoms with Gasteiger partial charge in [0.25, 0.3) is 6.47 Å². The maximum Gasteiger partial charge on any atom is 0.298 e. The first-order chi connectivity index (χ1) is 14.0. The molecule has 2 aromatic carbocycles. The van der Waals surface area contributed by atoms with Crippen molar-refractivity contribution >= 4 is 17.4 Å². The summed E-state index contributed by atoms with van der Waals surface area (Å²) in [7, 11) is 1.00. The second-order valence-electron chi connectivity index (χ2n) is 6.17. The molecule has 0 aliphatic carbocycles. The number of phenols is 1. The number of carbonyl (C=O) groups excluding carboxylic acids is 1. The molecule has 0 bridgehead atoms. The standard InChI is InChI=1S/C17H13NO3.2C3H8.CH4O/c1-11-8-12(2-5-17(11)20)14-6-7-18-16-9-13(21-10-19)3-4-15(14)16;2*1-3-2;1-2/h2-10,20H,1H3;2*3H2,1-2H3;2H,1H3. The van der Waals surface area contributed by atoms with E-state index in [2.05, 4.69) is 32.7 Å². The highest BCUT2D eigenvalue weighted by atomic mass is 16.5. The zero-order chi connectivity index (χ0) is 22.2. The van der Waals surface area contributed by atoms with Crippen LogP contribution >= 0.6 is 0 Å². The van der Waals surface area contributed by atoms with Crippen molar-refractivity contribution in [3.8, 4) is 22.6 Å². The molecule has 0 spiro atoms. The Labute approximate surface area is 174 Å². The quantitative estimate of drug-likeness (QED) is 0.537. The van der Waals surface area contributed by atoms with Crippen molar-refractivity contribution < 1.29 is 19.7 Å². The average molecular weight is 400 g/mol. The van der Waals surface area contributed by atoms with Crippen LogP contribution in [-0.4, -0.2) is 28.8 Å². The number of aromatic hydroxyl groups is 1. The number of carbonyl (C=O) groups is 1. The average Bonchev–Trinajstić information content (AvgIpc) is 2.72. The molecule has 0 atom stereocenters. The summed E-state index contributed by atoms with van der Waals surface area (Å²) >= 11 is 0. The first-order valence-electron chi connectivity index (χ1n) is 9.75. The van der Waals surface area contributed by atoms with Gasteiger partial charge in [-0.05, 0) is 53.9 Å². The van der Waals surface area contributed by atoms with Gasteiger partial charge in [-0.1, -0.05) is 46.6 Å². The molecule has 0 amide bonds. The predicted octanol–water partition coefficient (Wildman–Crippen LogP) is 5.89. The minimum atomic E-state index is 0.277. The molecule has 5 heteroatoms. The molecule has 0 aliphatic heterocycles. The van der Waals surface area contributed by atoms with Crippen LogP contribution in [0.4, 0.5) is 0 Å². The number of hydrogen-bond acceptors (Lipinski definition) is 5. The zero-order valence-electron chi connectivity index (χ0n) is 18.3. The first kappa shape index (κ1) is 26.1. The van der Waals surface area contributed by atoms with E-state index in [1.54, 1.807) is 24.4 Å². The summed E-state index contributed by atoms with van der Waals surface area (Å²) < 4.78 is 4.84. The number of rotatable bonds is 3. The minimum Gasteiger partial charge on any atom is -0.508 e. The summed E-state index contributed by atoms with van der Waals surface area (Å²) in [6.45, 7) is 10.8. The molecule has 3 aromatic rings. The van der Waals surface area contributed by atoms with E-state index in [4.69, 9.17) is 9.84 Å². The first-order valence-corrected chi connectivity index (χ1v) is 9.75. The van der Waals surface area contributed by atoms with Crippen molar-refractivity contribution in [3.05, 3.63) is 54.2 Å². The Morgan fingerprint density at radius 3 is 2.14 bits per heavy atom. The van der Waals surface area contributed by atoms with Crippen LogP contribution in [0.2, 0.25) is 0 Å². The second-order valence-corrected chi connectivity index (χ2v) is 6.17. The van der Waals surface area contributed by atoms with Crippen LogP contribution in [0.3, 0.4) is 0 Å². The number of ether oxygens (including phenoxy) is 1. The Balaban J connectivity index is 0.000000858. The fourth-order valence-corrected chi connectivity index (χ4v) is 2.33. The molecule has 0 unspecified atom stereocenters. The molecular formula is C24H33NO4. The normalized spacial score (nSPS) is 9.07. The maximum absolute atomic E-state index is 10.4. The van der Waals surface area contributed by atoms with Crippen LogP contribution in [0.25, 0.3) is 22.0 Å². The van der Waals surface area contributed by atoms with Crippen LogP contribution in [0.1, 0.15) is 46.1 Å². The molecule has 0 fully saturated rings. The van der Waals surface area contributed by atoms with E-state index in [0.717, 1.165) is 34.7 Å². The molecule has 0 aliphatic rings. The lowest BCUT2D eigenvalue weighted by molar-refractivity contribution is -0.120. The van der Waals surface area contributed by atoms with E-state index in [9.17, 15) is 9.90 Å². The van der Waals surface area contributed by atoms with E-state index in [-0.39, 0.29) is 5.75 Å². The number of phenolic OH excluding ortho intramolecular Hbond substituents is 1. The highest BCUT2D eigenvalue weighted by Gasteiger charge is 2.07. The Morgan fingerprint density at radius 1 is 0.966 bits per heavy atom. The van der Waals surface area contributed by atoms with Crippen molar-refractivity contribution in [2.45, 2.75) is 47.5 Å². The Kier molecular flexibility index (Phi) is 13.5. The summed E-state index contributed by atoms with van der Waals surface area (Å²) in [6, 6.07) is 12.7. The van der Waals surface area contributed by atoms with E-state index in [1.807, 2.05) is 31.2 Å². The summed E-state index contributed by atoms with van der Waals surface area (Å²) in [5, 5.41) is 17.6. The van der Waals surface area contributed by atoms with Crippen molar-refractivity contribution in [2.75, 3.05) is 7.11 Å². The molecule has 2 N–H and O–H groups in total. The van der Waals surface area contributed by atoms with Gasteiger partial charge in [0, 0.05) is 24.8 Å². The number of aromatic nitrogens is 1. The number of nitrogens with zero attached hydrogens (tertiary/aromatic N) is 1. The fraction of sp³-hybridized carbons (Fsp3) is 0.333. The SMILES string of the molecule is CCC.CCC.CO.Cc1cc(-c2ccnc3cc(OC=O)ccc23)ccc1O. The third-order valence-corrected chi connectivity index (χ3v) is 3.41. The van der Waals surface area contributed by atoms with Crippen LogP contribution in [0.15, 0.2) is 48.7 Å². The van der Waals surface area contributed by atoms with Gasteiger partial charge in [-0.25, -0.2) is 0 Å². The molecule has 158 valence electrons. The smallest absolute Gasteiger partial charge is 0.298 e. The summed E-state index contributed by atoms with van der Waals surface area (Å²) in [4.78, 5) is 14.7. The van der Waals surface area contributed by atoms with E-state index < -0.39 is 0 Å². The Hall–Kier alpha value is -2.92. The third kappa shape index (κ3) is 8.32. The zero-order valence-corrected chi connectivity index (χ0v) is 18.3. The van der Waals surface area contributed by atoms with Crippen molar-refractivity contribution in [2.24, 2.45) is 0 Å². The monoisotopic (exact) mass is 399 g/mol. The van der Waals surface area contributed by atoms with Gasteiger partial charge in [0.1, 0.15) is 11.5 Å². The van der Waals surface area contributed by atoms with Crippen molar-refractivity contribution in [1.29, 1.82) is 0 Å². The van der Waals surface area contributed by atoms with Gasteiger partial charge >= 0.3 is 0 Å². The molecule has 29 heavy (non-hydrogen) atoms. The summed E-state index contributed by atoms with van der Waals surface area (Å²) in [5.41, 5.74) is 3.58. The lowest BCUT2D eigenvalue weighted by atomic mass is 9.99. The summed E-state index contributed by atoms with van der Waals surface area (Å²) in [5.74, 6) is 0.739. The molecule has 0 radical (unpaired) electrons. The highest BCUT2D eigenvalue weighted by molar-refractivity contribution is 5.95. The van der Waals surface area contributed by atoms with Crippen molar-refractivity contribution in [1.82, 2.24) is 4.98 Å². The predicted molar refractivity (Wildman–Crippen MR) is 120 cm³/mol. The second kappa shape index (κ2) is 15.1. The van der Waals surface area contributed by atoms with Crippen LogP contribution in [0.5, 0.6) is 11.5 Å². The lowest BCUT2D eigenvalue weighted by Crippen LogP contribution is -1.90. The third-order valence-electron chi connectivity index (χ3n) is 3.41. The Morgan fingerprint density at radius 2 is 1.59 bits per heavy atom. The van der Waals surface area contributed by atoms with Crippen LogP contribution < -0.4 is 4.74 Å². The molecule has 1 aromatic heterocycles. The van der Waals surface area contributed by atoms with Gasteiger partial charge in [-0.2, -0.15) is 0 Å². The highest BCUT2D eigenvalue weighted by Crippen LogP contribution is 2.31. The largest absolute Gasteiger partial charge is 0.508 e. The number of fused-ring (bicyclic) bond motifs is 1. The number of aryl methyl sites for hydroxylation is 1. The molecule has 0 saturated heterocycles. The fourth-order valence-electron chi connectivity index (χ4n) is 2.33. The van der Waals surface area contributed by atoms with Crippen LogP contribution in [-0.2, 0) is 4.79 Å². The maximum atomic E-state index is 10.4. The lowest BCUT2D eigenvalue weighted by Gasteiger charge is -2.09. The van der Waals surface area contributed by atoms with Crippen LogP contribution in [0, 0.1) is 6.92 Å². The molecule has 0 saturated carbocycles. The van der Waals surface area contributed by atoms with E-state index in [1.165, 1.54) is 12.8 Å². The van der Waals surface area contributed by atoms with Gasteiger partial charge in [0.2, 0.25) is 0 Å². The topological polar surface area (TPSA) is 79.7 Å². The van der Waals surface area contributed by atoms with Gasteiger partial charge in [-0.15, -0.1) is 0 Å². The van der Waals surface area contributed by atoms with Gasteiger partial charge in [0.15, 0.2) is 0 Å². The number of pyridine rings is 1. The number of benzene rings is 2. The Bertz CT molecular complexity index is 861. The van der Waals surface area contributed by atoms with E-state index in [0.29, 0.717) is 12.2 Å². The van der Waals surface area contributed by atoms with Crippen molar-refractivity contribution in [3.63, 3.8) is 0 Å². The van der Waals surface area contributed by atoms with Gasteiger partial charge in [-0.3, -0.25) is 9.78 Å². The van der Waals surface area contributed by atoms with Gasteiger partial charge < -0.3 is 14.9 Å². The number of hydrogen-bond donors (Lipinski definition) is 2. The molecule has 5 nitrogen and oxygen atoms in total. The van der Waals surface area contributed by atoms with Gasteiger partial charge in [0.05, 0.1) is 5.52 Å². The molecule has 3 rings (SSSR count). The summed E-state index contributed by atoms with van der Waals surface area (Å²) in [6.07, 6.45) is 4.21. The van der Waals surface area contributed by atoms with E-state index >= 15 is 0 Å².